The summed E-state index contributed by atoms with van der Waals surface area (Å²) in [5.41, 5.74) is 2.46. The first-order valence-corrected chi connectivity index (χ1v) is 8.95. The lowest BCUT2D eigenvalue weighted by Gasteiger charge is -2.34. The van der Waals surface area contributed by atoms with Crippen molar-refractivity contribution in [1.82, 2.24) is 9.88 Å². The average molecular weight is 373 g/mol. The number of benzene rings is 1. The van der Waals surface area contributed by atoms with Gasteiger partial charge in [-0.3, -0.25) is 14.9 Å². The van der Waals surface area contributed by atoms with Crippen molar-refractivity contribution in [3.8, 4) is 5.75 Å². The SMILES string of the molecule is Cc1ncc(CO)c(C=NC[C@H](c2ccc(F)cc2)N2CCOCC2)c1O. The van der Waals surface area contributed by atoms with E-state index >= 15 is 0 Å². The van der Waals surface area contributed by atoms with Gasteiger partial charge in [-0.1, -0.05) is 12.1 Å². The van der Waals surface area contributed by atoms with Gasteiger partial charge in [0.15, 0.2) is 0 Å². The third-order valence-corrected chi connectivity index (χ3v) is 4.77. The third kappa shape index (κ3) is 4.68. The number of nitrogens with zero attached hydrogens (tertiary/aromatic N) is 3. The fourth-order valence-electron chi connectivity index (χ4n) is 3.17. The molecule has 1 aromatic heterocycles. The van der Waals surface area contributed by atoms with Crippen LogP contribution < -0.4 is 0 Å². The lowest BCUT2D eigenvalue weighted by atomic mass is 10.0. The fourth-order valence-corrected chi connectivity index (χ4v) is 3.17. The standard InChI is InChI=1S/C20H24FN3O3/c1-14-20(26)18(16(13-25)10-23-14)11-22-12-19(24-6-8-27-9-7-24)15-2-4-17(21)5-3-15/h2-5,10-11,19,25-26H,6-9,12-13H2,1H3/t19-/m1/s1. The molecule has 0 aliphatic carbocycles. The van der Waals surface area contributed by atoms with E-state index in [4.69, 9.17) is 4.74 Å². The van der Waals surface area contributed by atoms with Gasteiger partial charge in [-0.05, 0) is 24.6 Å². The zero-order chi connectivity index (χ0) is 19.2. The molecule has 3 rings (SSSR count). The van der Waals surface area contributed by atoms with Crippen LogP contribution in [0.2, 0.25) is 0 Å². The Kier molecular flexibility index (Phi) is 6.49. The number of hydrogen-bond donors (Lipinski definition) is 2. The maximum Gasteiger partial charge on any atom is 0.145 e. The Bertz CT molecular complexity index is 790. The van der Waals surface area contributed by atoms with E-state index in [2.05, 4.69) is 14.9 Å². The molecule has 0 saturated carbocycles. The molecule has 2 N–H and O–H groups in total. The highest BCUT2D eigenvalue weighted by atomic mass is 19.1. The van der Waals surface area contributed by atoms with Crippen LogP contribution in [0.1, 0.15) is 28.4 Å². The minimum Gasteiger partial charge on any atom is -0.505 e. The van der Waals surface area contributed by atoms with Crippen LogP contribution in [0, 0.1) is 12.7 Å². The Morgan fingerprint density at radius 2 is 2.00 bits per heavy atom. The van der Waals surface area contributed by atoms with Crippen molar-refractivity contribution in [1.29, 1.82) is 0 Å². The van der Waals surface area contributed by atoms with Crippen LogP contribution in [0.4, 0.5) is 4.39 Å². The molecule has 0 unspecified atom stereocenters. The van der Waals surface area contributed by atoms with Gasteiger partial charge in [-0.25, -0.2) is 4.39 Å². The lowest BCUT2D eigenvalue weighted by molar-refractivity contribution is 0.0180. The number of pyridine rings is 1. The number of morpholine rings is 1. The first-order valence-electron chi connectivity index (χ1n) is 8.95. The summed E-state index contributed by atoms with van der Waals surface area (Å²) >= 11 is 0. The highest BCUT2D eigenvalue weighted by molar-refractivity contribution is 5.85. The summed E-state index contributed by atoms with van der Waals surface area (Å²) in [7, 11) is 0. The van der Waals surface area contributed by atoms with Gasteiger partial charge in [0.2, 0.25) is 0 Å². The Balaban J connectivity index is 1.83. The van der Waals surface area contributed by atoms with Crippen molar-refractivity contribution in [3.05, 3.63) is 58.7 Å². The summed E-state index contributed by atoms with van der Waals surface area (Å²) in [5, 5.41) is 19.7. The van der Waals surface area contributed by atoms with Gasteiger partial charge < -0.3 is 14.9 Å². The molecule has 0 radical (unpaired) electrons. The van der Waals surface area contributed by atoms with Gasteiger partial charge >= 0.3 is 0 Å². The third-order valence-electron chi connectivity index (χ3n) is 4.77. The molecule has 1 aliphatic rings. The number of halogens is 1. The Hall–Kier alpha value is -2.35. The summed E-state index contributed by atoms with van der Waals surface area (Å²) in [6, 6.07) is 6.44. The number of aliphatic imine (C=N–C) groups is 1. The smallest absolute Gasteiger partial charge is 0.145 e. The van der Waals surface area contributed by atoms with Gasteiger partial charge in [0.25, 0.3) is 0 Å². The van der Waals surface area contributed by atoms with Crippen molar-refractivity contribution in [3.63, 3.8) is 0 Å². The Morgan fingerprint density at radius 3 is 2.67 bits per heavy atom. The highest BCUT2D eigenvalue weighted by Gasteiger charge is 2.22. The van der Waals surface area contributed by atoms with E-state index in [-0.39, 0.29) is 24.2 Å². The molecule has 1 fully saturated rings. The van der Waals surface area contributed by atoms with Gasteiger partial charge in [0.05, 0.1) is 38.1 Å². The molecule has 144 valence electrons. The predicted molar refractivity (Wildman–Crippen MR) is 101 cm³/mol. The molecule has 27 heavy (non-hydrogen) atoms. The molecule has 1 aliphatic heterocycles. The minimum absolute atomic E-state index is 0.0200. The molecule has 6 nitrogen and oxygen atoms in total. The Morgan fingerprint density at radius 1 is 1.30 bits per heavy atom. The lowest BCUT2D eigenvalue weighted by Crippen LogP contribution is -2.40. The maximum absolute atomic E-state index is 13.3. The number of aromatic hydroxyl groups is 1. The monoisotopic (exact) mass is 373 g/mol. The molecule has 0 amide bonds. The summed E-state index contributed by atoms with van der Waals surface area (Å²) in [4.78, 5) is 10.8. The predicted octanol–water partition coefficient (Wildman–Crippen LogP) is 2.22. The molecule has 1 saturated heterocycles. The largest absolute Gasteiger partial charge is 0.505 e. The van der Waals surface area contributed by atoms with Crippen molar-refractivity contribution < 1.29 is 19.3 Å². The van der Waals surface area contributed by atoms with E-state index in [1.807, 2.05) is 0 Å². The quantitative estimate of drug-likeness (QED) is 0.759. The number of hydrogen-bond acceptors (Lipinski definition) is 6. The number of aryl methyl sites for hydroxylation is 1. The summed E-state index contributed by atoms with van der Waals surface area (Å²) in [5.74, 6) is -0.247. The van der Waals surface area contributed by atoms with Crippen LogP contribution in [0.3, 0.4) is 0 Å². The molecule has 1 aromatic carbocycles. The summed E-state index contributed by atoms with van der Waals surface area (Å²) in [6.07, 6.45) is 3.11. The van der Waals surface area contributed by atoms with Gasteiger partial charge in [-0.2, -0.15) is 0 Å². The minimum atomic E-state index is -0.271. The van der Waals surface area contributed by atoms with Crippen LogP contribution in [0.15, 0.2) is 35.5 Å². The van der Waals surface area contributed by atoms with Crippen molar-refractivity contribution in [2.24, 2.45) is 4.99 Å². The van der Waals surface area contributed by atoms with Crippen LogP contribution in [0.5, 0.6) is 5.75 Å². The van der Waals surface area contributed by atoms with Crippen LogP contribution >= 0.6 is 0 Å². The van der Waals surface area contributed by atoms with Gasteiger partial charge in [-0.15, -0.1) is 0 Å². The molecular formula is C20H24FN3O3. The molecule has 7 heteroatoms. The summed E-state index contributed by atoms with van der Waals surface area (Å²) < 4.78 is 18.7. The van der Waals surface area contributed by atoms with Crippen LogP contribution in [-0.4, -0.2) is 59.2 Å². The van der Waals surface area contributed by atoms with Crippen molar-refractivity contribution >= 4 is 6.21 Å². The topological polar surface area (TPSA) is 78.2 Å². The van der Waals surface area contributed by atoms with Crippen molar-refractivity contribution in [2.75, 3.05) is 32.8 Å². The van der Waals surface area contributed by atoms with E-state index in [1.54, 1.807) is 25.3 Å². The Labute approximate surface area is 158 Å². The first-order chi connectivity index (χ1) is 13.1. The molecule has 0 spiro atoms. The maximum atomic E-state index is 13.3. The number of aromatic nitrogens is 1. The van der Waals surface area contributed by atoms with E-state index in [0.717, 1.165) is 18.7 Å². The second kappa shape index (κ2) is 9.03. The molecule has 0 bridgehead atoms. The van der Waals surface area contributed by atoms with Gasteiger partial charge in [0, 0.05) is 36.6 Å². The zero-order valence-corrected chi connectivity index (χ0v) is 15.3. The summed E-state index contributed by atoms with van der Waals surface area (Å²) in [6.45, 7) is 4.77. The van der Waals surface area contributed by atoms with E-state index < -0.39 is 0 Å². The second-order valence-corrected chi connectivity index (χ2v) is 6.50. The normalized spacial score (nSPS) is 16.7. The number of aliphatic hydroxyl groups excluding tert-OH is 1. The number of ether oxygens (including phenoxy) is 1. The van der Waals surface area contributed by atoms with Crippen molar-refractivity contribution in [2.45, 2.75) is 19.6 Å². The molecule has 2 heterocycles. The van der Waals surface area contributed by atoms with Crippen LogP contribution in [-0.2, 0) is 11.3 Å². The van der Waals surface area contributed by atoms with E-state index in [1.165, 1.54) is 18.3 Å². The molecule has 2 aromatic rings. The molecule has 1 atom stereocenters. The second-order valence-electron chi connectivity index (χ2n) is 6.50. The first kappa shape index (κ1) is 19.4. The molecular weight excluding hydrogens is 349 g/mol. The average Bonchev–Trinajstić information content (AvgIpc) is 2.70. The van der Waals surface area contributed by atoms with Gasteiger partial charge in [0.1, 0.15) is 11.6 Å². The van der Waals surface area contributed by atoms with E-state index in [9.17, 15) is 14.6 Å². The highest BCUT2D eigenvalue weighted by Crippen LogP contribution is 2.25. The number of rotatable bonds is 6. The number of aliphatic hydroxyl groups is 1. The fraction of sp³-hybridized carbons (Fsp3) is 0.400. The van der Waals surface area contributed by atoms with Crippen LogP contribution in [0.25, 0.3) is 0 Å². The zero-order valence-electron chi connectivity index (χ0n) is 15.3. The van der Waals surface area contributed by atoms with E-state index in [0.29, 0.717) is 36.6 Å².